The summed E-state index contributed by atoms with van der Waals surface area (Å²) < 4.78 is 23.8. The molecule has 1 atom stereocenters. The van der Waals surface area contributed by atoms with Crippen LogP contribution >= 0.6 is 0 Å². The molecule has 1 aromatic rings. The lowest BCUT2D eigenvalue weighted by Gasteiger charge is -2.11. The predicted molar refractivity (Wildman–Crippen MR) is 66.9 cm³/mol. The van der Waals surface area contributed by atoms with Gasteiger partial charge in [-0.3, -0.25) is 0 Å². The average molecular weight is 252 g/mol. The third-order valence-electron chi connectivity index (χ3n) is 2.64. The summed E-state index contributed by atoms with van der Waals surface area (Å²) in [7, 11) is -3.16. The van der Waals surface area contributed by atoms with Crippen molar-refractivity contribution in [2.75, 3.05) is 6.54 Å². The van der Waals surface area contributed by atoms with Crippen molar-refractivity contribution in [3.05, 3.63) is 35.4 Å². The van der Waals surface area contributed by atoms with Crippen molar-refractivity contribution in [3.8, 4) is 6.07 Å². The second kappa shape index (κ2) is 5.80. The van der Waals surface area contributed by atoms with Gasteiger partial charge in [0.15, 0.2) is 9.84 Å². The molecule has 5 heteroatoms. The molecule has 0 fully saturated rings. The van der Waals surface area contributed by atoms with E-state index in [1.807, 2.05) is 6.07 Å². The van der Waals surface area contributed by atoms with Gasteiger partial charge >= 0.3 is 0 Å². The third-order valence-corrected chi connectivity index (χ3v) is 4.83. The molecule has 4 nitrogen and oxygen atoms in total. The molecule has 0 aliphatic carbocycles. The van der Waals surface area contributed by atoms with Gasteiger partial charge in [-0.2, -0.15) is 5.26 Å². The monoisotopic (exact) mass is 252 g/mol. The Labute approximate surface area is 102 Å². The van der Waals surface area contributed by atoms with Crippen LogP contribution in [-0.4, -0.2) is 20.2 Å². The van der Waals surface area contributed by atoms with E-state index in [-0.39, 0.29) is 5.75 Å². The van der Waals surface area contributed by atoms with E-state index in [1.165, 1.54) is 0 Å². The van der Waals surface area contributed by atoms with E-state index in [4.69, 9.17) is 11.0 Å². The maximum atomic E-state index is 11.9. The van der Waals surface area contributed by atoms with Crippen molar-refractivity contribution in [1.82, 2.24) is 0 Å². The maximum absolute atomic E-state index is 11.9. The molecule has 0 aliphatic heterocycles. The molecule has 0 saturated carbocycles. The lowest BCUT2D eigenvalue weighted by atomic mass is 10.2. The molecule has 0 aromatic heterocycles. The van der Waals surface area contributed by atoms with Gasteiger partial charge in [0.25, 0.3) is 0 Å². The summed E-state index contributed by atoms with van der Waals surface area (Å²) in [5.41, 5.74) is 6.59. The fourth-order valence-corrected chi connectivity index (χ4v) is 2.90. The van der Waals surface area contributed by atoms with E-state index in [0.29, 0.717) is 24.1 Å². The number of nitrogens with zero attached hydrogens (tertiary/aromatic N) is 1. The largest absolute Gasteiger partial charge is 0.330 e. The highest BCUT2D eigenvalue weighted by molar-refractivity contribution is 7.91. The fourth-order valence-electron chi connectivity index (χ4n) is 1.46. The molecule has 1 rings (SSSR count). The van der Waals surface area contributed by atoms with Gasteiger partial charge in [0.1, 0.15) is 0 Å². The number of hydrogen-bond acceptors (Lipinski definition) is 4. The van der Waals surface area contributed by atoms with E-state index in [0.717, 1.165) is 0 Å². The van der Waals surface area contributed by atoms with Crippen LogP contribution in [0, 0.1) is 11.3 Å². The zero-order chi connectivity index (χ0) is 12.9. The standard InChI is InChI=1S/C12H16N2O2S/c1-10(6-7-13)17(15,16)9-12-4-2-11(8-14)3-5-12/h2-5,10H,6-7,9,13H2,1H3. The summed E-state index contributed by atoms with van der Waals surface area (Å²) in [5, 5.41) is 8.21. The van der Waals surface area contributed by atoms with Crippen LogP contribution in [0.3, 0.4) is 0 Å². The molecule has 1 unspecified atom stereocenters. The smallest absolute Gasteiger partial charge is 0.157 e. The average Bonchev–Trinajstić information content (AvgIpc) is 2.30. The first-order valence-electron chi connectivity index (χ1n) is 5.40. The topological polar surface area (TPSA) is 84.0 Å². The number of nitrogens with two attached hydrogens (primary N) is 1. The van der Waals surface area contributed by atoms with Crippen LogP contribution in [0.5, 0.6) is 0 Å². The van der Waals surface area contributed by atoms with Gasteiger partial charge in [0.05, 0.1) is 22.6 Å². The van der Waals surface area contributed by atoms with Crippen molar-refractivity contribution in [2.45, 2.75) is 24.3 Å². The Morgan fingerprint density at radius 2 is 1.94 bits per heavy atom. The second-order valence-electron chi connectivity index (χ2n) is 4.00. The zero-order valence-electron chi connectivity index (χ0n) is 9.76. The Kier molecular flexibility index (Phi) is 4.67. The summed E-state index contributed by atoms with van der Waals surface area (Å²) in [6, 6.07) is 8.58. The summed E-state index contributed by atoms with van der Waals surface area (Å²) in [6.45, 7) is 2.04. The first kappa shape index (κ1) is 13.7. The Bertz CT molecular complexity index is 500. The van der Waals surface area contributed by atoms with Crippen molar-refractivity contribution in [2.24, 2.45) is 5.73 Å². The Hall–Kier alpha value is -1.38. The molecular weight excluding hydrogens is 236 g/mol. The van der Waals surface area contributed by atoms with Crippen molar-refractivity contribution in [3.63, 3.8) is 0 Å². The minimum absolute atomic E-state index is 0.000124. The summed E-state index contributed by atoms with van der Waals surface area (Å²) in [6.07, 6.45) is 0.471. The van der Waals surface area contributed by atoms with E-state index in [2.05, 4.69) is 0 Å². The van der Waals surface area contributed by atoms with Crippen LogP contribution < -0.4 is 5.73 Å². The minimum Gasteiger partial charge on any atom is -0.330 e. The SMILES string of the molecule is CC(CCN)S(=O)(=O)Cc1ccc(C#N)cc1. The molecule has 0 aliphatic rings. The molecular formula is C12H16N2O2S. The lowest BCUT2D eigenvalue weighted by molar-refractivity contribution is 0.577. The first-order valence-corrected chi connectivity index (χ1v) is 7.12. The summed E-state index contributed by atoms with van der Waals surface area (Å²) >= 11 is 0. The Morgan fingerprint density at radius 1 is 1.35 bits per heavy atom. The lowest BCUT2D eigenvalue weighted by Crippen LogP contribution is -2.22. The first-order chi connectivity index (χ1) is 7.99. The van der Waals surface area contributed by atoms with Crippen LogP contribution in [0.4, 0.5) is 0 Å². The molecule has 0 heterocycles. The second-order valence-corrected chi connectivity index (χ2v) is 6.42. The summed E-state index contributed by atoms with van der Waals surface area (Å²) in [4.78, 5) is 0. The van der Waals surface area contributed by atoms with Gasteiger partial charge in [-0.1, -0.05) is 12.1 Å². The van der Waals surface area contributed by atoms with Gasteiger partial charge in [-0.05, 0) is 37.6 Å². The van der Waals surface area contributed by atoms with Crippen LogP contribution in [0.1, 0.15) is 24.5 Å². The van der Waals surface area contributed by atoms with Crippen LogP contribution in [0.25, 0.3) is 0 Å². The highest BCUT2D eigenvalue weighted by Gasteiger charge is 2.20. The van der Waals surface area contributed by atoms with E-state index in [9.17, 15) is 8.42 Å². The predicted octanol–water partition coefficient (Wildman–Crippen LogP) is 1.21. The van der Waals surface area contributed by atoms with Gasteiger partial charge in [0.2, 0.25) is 0 Å². The molecule has 0 amide bonds. The van der Waals surface area contributed by atoms with Gasteiger partial charge < -0.3 is 5.73 Å². The molecule has 0 radical (unpaired) electrons. The normalized spacial score (nSPS) is 13.0. The van der Waals surface area contributed by atoms with E-state index in [1.54, 1.807) is 31.2 Å². The Balaban J connectivity index is 2.80. The quantitative estimate of drug-likeness (QED) is 0.853. The van der Waals surface area contributed by atoms with Gasteiger partial charge in [-0.25, -0.2) is 8.42 Å². The molecule has 17 heavy (non-hydrogen) atoms. The Morgan fingerprint density at radius 3 is 2.41 bits per heavy atom. The fraction of sp³-hybridized carbons (Fsp3) is 0.417. The molecule has 2 N–H and O–H groups in total. The molecule has 0 saturated heterocycles. The third kappa shape index (κ3) is 3.84. The van der Waals surface area contributed by atoms with E-state index >= 15 is 0 Å². The van der Waals surface area contributed by atoms with Crippen LogP contribution in [0.2, 0.25) is 0 Å². The van der Waals surface area contributed by atoms with Crippen molar-refractivity contribution >= 4 is 9.84 Å². The molecule has 0 spiro atoms. The van der Waals surface area contributed by atoms with E-state index < -0.39 is 15.1 Å². The highest BCUT2D eigenvalue weighted by atomic mass is 32.2. The van der Waals surface area contributed by atoms with Crippen molar-refractivity contribution < 1.29 is 8.42 Å². The zero-order valence-corrected chi connectivity index (χ0v) is 10.6. The summed E-state index contributed by atoms with van der Waals surface area (Å²) in [5.74, 6) is -0.000124. The van der Waals surface area contributed by atoms with Gasteiger partial charge in [0, 0.05) is 0 Å². The number of rotatable bonds is 5. The number of sulfone groups is 1. The number of hydrogen-bond donors (Lipinski definition) is 1. The highest BCUT2D eigenvalue weighted by Crippen LogP contribution is 2.13. The van der Waals surface area contributed by atoms with Crippen LogP contribution in [0.15, 0.2) is 24.3 Å². The minimum atomic E-state index is -3.16. The molecule has 1 aromatic carbocycles. The van der Waals surface area contributed by atoms with Crippen molar-refractivity contribution in [1.29, 1.82) is 5.26 Å². The number of nitriles is 1. The molecule has 92 valence electrons. The van der Waals surface area contributed by atoms with Crippen LogP contribution in [-0.2, 0) is 15.6 Å². The molecule has 0 bridgehead atoms. The van der Waals surface area contributed by atoms with Gasteiger partial charge in [-0.15, -0.1) is 0 Å². The number of benzene rings is 1. The maximum Gasteiger partial charge on any atom is 0.157 e.